The van der Waals surface area contributed by atoms with Gasteiger partial charge in [0.2, 0.25) is 0 Å². The number of carbonyl (C=O) groups excluding carboxylic acids is 1. The molecule has 242 valence electrons. The fourth-order valence-corrected chi connectivity index (χ4v) is 6.00. The second kappa shape index (κ2) is 13.9. The molecule has 0 saturated heterocycles. The van der Waals surface area contributed by atoms with Crippen LogP contribution in [0.5, 0.6) is 5.75 Å². The second-order valence-corrected chi connectivity index (χ2v) is 19.2. The Balaban J connectivity index is 1.93. The van der Waals surface area contributed by atoms with E-state index in [0.29, 0.717) is 50.7 Å². The van der Waals surface area contributed by atoms with E-state index in [0.717, 1.165) is 0 Å². The summed E-state index contributed by atoms with van der Waals surface area (Å²) in [7, 11) is -0.519. The van der Waals surface area contributed by atoms with Crippen molar-refractivity contribution in [2.75, 3.05) is 20.2 Å². The first-order valence-corrected chi connectivity index (χ1v) is 18.6. The highest BCUT2D eigenvalue weighted by Crippen LogP contribution is 2.38. The number of rotatable bonds is 10. The van der Waals surface area contributed by atoms with Gasteiger partial charge in [-0.15, -0.1) is 0 Å². The summed E-state index contributed by atoms with van der Waals surface area (Å²) in [5.41, 5.74) is 1.83. The van der Waals surface area contributed by atoms with Gasteiger partial charge in [0.05, 0.1) is 34.6 Å². The van der Waals surface area contributed by atoms with Crippen molar-refractivity contribution in [3.63, 3.8) is 0 Å². The summed E-state index contributed by atoms with van der Waals surface area (Å²) in [6, 6.07) is 5.27. The second-order valence-electron chi connectivity index (χ2n) is 13.3. The molecule has 0 fully saturated rings. The molecule has 0 radical (unpaired) electrons. The van der Waals surface area contributed by atoms with Gasteiger partial charge in [-0.1, -0.05) is 55.6 Å². The molecule has 3 rings (SSSR count). The summed E-state index contributed by atoms with van der Waals surface area (Å²) < 4.78 is 20.3. The van der Waals surface area contributed by atoms with Crippen LogP contribution in [0.3, 0.4) is 0 Å². The van der Waals surface area contributed by atoms with Gasteiger partial charge in [0.15, 0.2) is 14.1 Å². The fraction of sp³-hybridized carbons (Fsp3) is 0.548. The molecule has 2 aromatic heterocycles. The van der Waals surface area contributed by atoms with E-state index in [9.17, 15) is 4.79 Å². The molecule has 0 bridgehead atoms. The lowest BCUT2D eigenvalue weighted by atomic mass is 10.1. The van der Waals surface area contributed by atoms with Crippen molar-refractivity contribution in [2.24, 2.45) is 0 Å². The third-order valence-electron chi connectivity index (χ3n) is 7.47. The SMILES string of the molecule is CCn1ncc(Cl)c1-c1nc(-c2cc(OC[C@@H](CN(C)C(=O)OC(C)(C)C)O[Si](C)(C)C(C)(C)C)ccc2Cl)nc(Cl)c1C. The summed E-state index contributed by atoms with van der Waals surface area (Å²) in [5, 5.41) is 5.46. The molecule has 44 heavy (non-hydrogen) atoms. The molecule has 13 heteroatoms. The van der Waals surface area contributed by atoms with Gasteiger partial charge in [-0.3, -0.25) is 4.68 Å². The van der Waals surface area contributed by atoms with Crippen LogP contribution in [0.15, 0.2) is 24.4 Å². The Morgan fingerprint density at radius 2 is 1.73 bits per heavy atom. The minimum absolute atomic E-state index is 0.0427. The number of ether oxygens (including phenoxy) is 2. The van der Waals surface area contributed by atoms with Gasteiger partial charge in [0.25, 0.3) is 0 Å². The number of benzene rings is 1. The van der Waals surface area contributed by atoms with E-state index in [1.807, 2.05) is 34.6 Å². The van der Waals surface area contributed by atoms with Crippen LogP contribution in [-0.4, -0.2) is 71.0 Å². The van der Waals surface area contributed by atoms with E-state index in [1.165, 1.54) is 4.90 Å². The molecule has 0 spiro atoms. The number of hydrogen-bond donors (Lipinski definition) is 0. The highest BCUT2D eigenvalue weighted by atomic mass is 35.5. The first kappa shape index (κ1) is 36.1. The predicted molar refractivity (Wildman–Crippen MR) is 181 cm³/mol. The van der Waals surface area contributed by atoms with Crippen molar-refractivity contribution in [3.05, 3.63) is 45.2 Å². The summed E-state index contributed by atoms with van der Waals surface area (Å²) in [4.78, 5) is 23.6. The zero-order valence-corrected chi connectivity index (χ0v) is 30.8. The Labute approximate surface area is 277 Å². The van der Waals surface area contributed by atoms with Gasteiger partial charge < -0.3 is 18.8 Å². The fourth-order valence-electron chi connectivity index (χ4n) is 4.07. The average molecular weight is 685 g/mol. The molecule has 0 aliphatic carbocycles. The monoisotopic (exact) mass is 683 g/mol. The largest absolute Gasteiger partial charge is 0.491 e. The molecule has 0 unspecified atom stereocenters. The lowest BCUT2D eigenvalue weighted by molar-refractivity contribution is 0.0172. The highest BCUT2D eigenvalue weighted by molar-refractivity contribution is 6.74. The zero-order chi connectivity index (χ0) is 33.2. The lowest BCUT2D eigenvalue weighted by Gasteiger charge is -2.40. The Morgan fingerprint density at radius 3 is 2.32 bits per heavy atom. The Bertz CT molecular complexity index is 1480. The van der Waals surface area contributed by atoms with Crippen LogP contribution < -0.4 is 4.74 Å². The third-order valence-corrected chi connectivity index (χ3v) is 13.0. The molecule has 1 amide bonds. The number of carbonyl (C=O) groups is 1. The molecule has 0 aliphatic heterocycles. The van der Waals surface area contributed by atoms with Crippen molar-refractivity contribution in [1.82, 2.24) is 24.6 Å². The number of likely N-dealkylation sites (N-methyl/N-ethyl adjacent to an activating group) is 1. The molecule has 1 aromatic carbocycles. The van der Waals surface area contributed by atoms with E-state index < -0.39 is 26.1 Å². The van der Waals surface area contributed by atoms with Crippen molar-refractivity contribution >= 4 is 49.2 Å². The topological polar surface area (TPSA) is 91.6 Å². The number of nitrogens with zero attached hydrogens (tertiary/aromatic N) is 5. The maximum atomic E-state index is 12.8. The van der Waals surface area contributed by atoms with Gasteiger partial charge in [-0.05, 0) is 71.0 Å². The van der Waals surface area contributed by atoms with Crippen molar-refractivity contribution in [2.45, 2.75) is 91.8 Å². The summed E-state index contributed by atoms with van der Waals surface area (Å²) in [6.07, 6.45) is 0.740. The van der Waals surface area contributed by atoms with Crippen molar-refractivity contribution in [1.29, 1.82) is 0 Å². The Kier molecular flexibility index (Phi) is 11.4. The molecular weight excluding hydrogens is 641 g/mol. The minimum atomic E-state index is -2.22. The van der Waals surface area contributed by atoms with E-state index in [2.05, 4.69) is 43.9 Å². The smallest absolute Gasteiger partial charge is 0.410 e. The number of aromatic nitrogens is 4. The number of halogens is 3. The van der Waals surface area contributed by atoms with Gasteiger partial charge >= 0.3 is 6.09 Å². The standard InChI is InChI=1S/C31H44Cl3N5O4Si/c1-12-39-26(24(33)16-35-39)25-19(2)27(34)37-28(36-25)22-15-20(13-14-23(22)32)41-18-21(43-44(10,11)31(6,7)8)17-38(9)29(40)42-30(3,4)5/h13-16,21H,12,17-18H2,1-11H3/t21-/m1/s1. The van der Waals surface area contributed by atoms with Gasteiger partial charge in [0, 0.05) is 24.7 Å². The van der Waals surface area contributed by atoms with Crippen LogP contribution in [0.2, 0.25) is 33.3 Å². The van der Waals surface area contributed by atoms with Gasteiger partial charge in [-0.25, -0.2) is 14.8 Å². The van der Waals surface area contributed by atoms with E-state index in [-0.39, 0.29) is 23.3 Å². The Hall–Kier alpha value is -2.37. The molecule has 0 aliphatic rings. The molecule has 0 N–H and O–H groups in total. The quantitative estimate of drug-likeness (QED) is 0.156. The summed E-state index contributed by atoms with van der Waals surface area (Å²) >= 11 is 19.7. The van der Waals surface area contributed by atoms with E-state index >= 15 is 0 Å². The number of aryl methyl sites for hydroxylation is 1. The summed E-state index contributed by atoms with van der Waals surface area (Å²) in [5.74, 6) is 0.858. The number of hydrogen-bond acceptors (Lipinski definition) is 7. The average Bonchev–Trinajstić information content (AvgIpc) is 3.27. The van der Waals surface area contributed by atoms with E-state index in [1.54, 1.807) is 36.1 Å². The maximum Gasteiger partial charge on any atom is 0.410 e. The first-order chi connectivity index (χ1) is 20.2. The van der Waals surface area contributed by atoms with Crippen LogP contribution in [0.25, 0.3) is 22.8 Å². The third kappa shape index (κ3) is 8.87. The molecule has 3 aromatic rings. The van der Waals surface area contributed by atoms with Crippen LogP contribution in [0, 0.1) is 6.92 Å². The van der Waals surface area contributed by atoms with Crippen molar-refractivity contribution < 1.29 is 18.7 Å². The lowest BCUT2D eigenvalue weighted by Crippen LogP contribution is -2.49. The van der Waals surface area contributed by atoms with Crippen LogP contribution >= 0.6 is 34.8 Å². The molecule has 0 saturated carbocycles. The normalized spacial score (nSPS) is 13.1. The molecule has 9 nitrogen and oxygen atoms in total. The van der Waals surface area contributed by atoms with Gasteiger partial charge in [0.1, 0.15) is 28.8 Å². The zero-order valence-electron chi connectivity index (χ0n) is 27.5. The summed E-state index contributed by atoms with van der Waals surface area (Å²) in [6.45, 7) is 21.2. The van der Waals surface area contributed by atoms with Crippen LogP contribution in [-0.2, 0) is 15.7 Å². The number of amides is 1. The minimum Gasteiger partial charge on any atom is -0.491 e. The van der Waals surface area contributed by atoms with Crippen LogP contribution in [0.1, 0.15) is 54.0 Å². The molecule has 1 atom stereocenters. The predicted octanol–water partition coefficient (Wildman–Crippen LogP) is 8.93. The molecular formula is C31H44Cl3N5O4Si. The molecule has 2 heterocycles. The highest BCUT2D eigenvalue weighted by Gasteiger charge is 2.40. The van der Waals surface area contributed by atoms with Crippen LogP contribution in [0.4, 0.5) is 4.79 Å². The first-order valence-electron chi connectivity index (χ1n) is 14.5. The Morgan fingerprint density at radius 1 is 1.07 bits per heavy atom. The van der Waals surface area contributed by atoms with E-state index in [4.69, 9.17) is 53.7 Å². The van der Waals surface area contributed by atoms with Crippen molar-refractivity contribution in [3.8, 4) is 28.5 Å². The maximum absolute atomic E-state index is 12.8. The van der Waals surface area contributed by atoms with Gasteiger partial charge in [-0.2, -0.15) is 5.10 Å².